The van der Waals surface area contributed by atoms with E-state index in [1.807, 2.05) is 0 Å². The van der Waals surface area contributed by atoms with E-state index >= 15 is 0 Å². The van der Waals surface area contributed by atoms with E-state index in [0.717, 1.165) is 61.9 Å². The Labute approximate surface area is 191 Å². The summed E-state index contributed by atoms with van der Waals surface area (Å²) < 4.78 is 13.7. The molecule has 1 saturated heterocycles. The van der Waals surface area contributed by atoms with Crippen molar-refractivity contribution in [1.82, 2.24) is 9.61 Å². The lowest BCUT2D eigenvalue weighted by Gasteiger charge is -2.36. The molecule has 3 heterocycles. The molecular formula is C27H35N3O2. The number of ether oxygens (including phenoxy) is 2. The van der Waals surface area contributed by atoms with Gasteiger partial charge in [0, 0.05) is 31.4 Å². The molecule has 1 aromatic carbocycles. The maximum atomic E-state index is 5.81. The first kappa shape index (κ1) is 21.3. The molecule has 32 heavy (non-hydrogen) atoms. The third-order valence-corrected chi connectivity index (χ3v) is 7.03. The predicted molar refractivity (Wildman–Crippen MR) is 130 cm³/mol. The van der Waals surface area contributed by atoms with E-state index in [2.05, 4.69) is 60.5 Å². The quantitative estimate of drug-likeness (QED) is 0.487. The van der Waals surface area contributed by atoms with Gasteiger partial charge in [-0.2, -0.15) is 5.10 Å². The summed E-state index contributed by atoms with van der Waals surface area (Å²) in [7, 11) is 1.76. The average molecular weight is 434 g/mol. The van der Waals surface area contributed by atoms with Crippen LogP contribution in [0.1, 0.15) is 49.4 Å². The third kappa shape index (κ3) is 3.88. The highest BCUT2D eigenvalue weighted by atomic mass is 16.5. The molecule has 5 nitrogen and oxygen atoms in total. The highest BCUT2D eigenvalue weighted by Crippen LogP contribution is 2.40. The standard InChI is InChI=1S/C27H35N3O2/c1-5-22-27(29(17-20-9-10-20)21-11-13-32-14-12-21)24-8-6-7-23(30(24)28-22)26-19(3)15-18(2)16-25(26)31-4/h6-8,15-16,20-21H,5,9-14,17H2,1-4H3. The summed E-state index contributed by atoms with van der Waals surface area (Å²) in [5.41, 5.74) is 8.36. The highest BCUT2D eigenvalue weighted by molar-refractivity contribution is 5.81. The first-order valence-corrected chi connectivity index (χ1v) is 12.1. The lowest BCUT2D eigenvalue weighted by molar-refractivity contribution is 0.0842. The van der Waals surface area contributed by atoms with Crippen molar-refractivity contribution in [2.24, 2.45) is 5.92 Å². The van der Waals surface area contributed by atoms with Gasteiger partial charge in [0.05, 0.1) is 29.7 Å². The topological polar surface area (TPSA) is 39.0 Å². The van der Waals surface area contributed by atoms with Gasteiger partial charge in [0.25, 0.3) is 0 Å². The van der Waals surface area contributed by atoms with E-state index in [0.29, 0.717) is 6.04 Å². The van der Waals surface area contributed by atoms with Crippen LogP contribution in [-0.2, 0) is 11.2 Å². The van der Waals surface area contributed by atoms with Gasteiger partial charge in [0.15, 0.2) is 0 Å². The monoisotopic (exact) mass is 433 g/mol. The van der Waals surface area contributed by atoms with Gasteiger partial charge in [-0.25, -0.2) is 4.52 Å². The fourth-order valence-corrected chi connectivity index (χ4v) is 5.26. The van der Waals surface area contributed by atoms with Gasteiger partial charge >= 0.3 is 0 Å². The molecule has 1 saturated carbocycles. The van der Waals surface area contributed by atoms with E-state index in [9.17, 15) is 0 Å². The van der Waals surface area contributed by atoms with Crippen molar-refractivity contribution in [3.8, 4) is 17.0 Å². The maximum Gasteiger partial charge on any atom is 0.128 e. The molecule has 0 unspecified atom stereocenters. The Bertz CT molecular complexity index is 1110. The van der Waals surface area contributed by atoms with Crippen LogP contribution in [0.25, 0.3) is 16.8 Å². The molecule has 0 bridgehead atoms. The zero-order valence-electron chi connectivity index (χ0n) is 19.9. The largest absolute Gasteiger partial charge is 0.496 e. The van der Waals surface area contributed by atoms with Crippen LogP contribution in [0.4, 0.5) is 5.69 Å². The van der Waals surface area contributed by atoms with Crippen LogP contribution >= 0.6 is 0 Å². The summed E-state index contributed by atoms with van der Waals surface area (Å²) in [5.74, 6) is 1.73. The van der Waals surface area contributed by atoms with Gasteiger partial charge in [-0.15, -0.1) is 0 Å². The van der Waals surface area contributed by atoms with Crippen LogP contribution in [-0.4, -0.2) is 42.5 Å². The normalized spacial score (nSPS) is 17.1. The maximum absolute atomic E-state index is 5.81. The molecule has 0 N–H and O–H groups in total. The SMILES string of the molecule is CCc1nn2c(-c3c(C)cc(C)cc3OC)cccc2c1N(CC1CC1)C1CCOCC1. The summed E-state index contributed by atoms with van der Waals surface area (Å²) >= 11 is 0. The molecule has 0 radical (unpaired) electrons. The van der Waals surface area contributed by atoms with Crippen LogP contribution in [0.15, 0.2) is 30.3 Å². The number of aryl methyl sites for hydroxylation is 3. The summed E-state index contributed by atoms with van der Waals surface area (Å²) in [6.45, 7) is 9.36. The molecule has 0 amide bonds. The minimum Gasteiger partial charge on any atom is -0.496 e. The summed E-state index contributed by atoms with van der Waals surface area (Å²) in [4.78, 5) is 2.68. The van der Waals surface area contributed by atoms with E-state index in [1.54, 1.807) is 7.11 Å². The van der Waals surface area contributed by atoms with E-state index in [4.69, 9.17) is 14.6 Å². The zero-order chi connectivity index (χ0) is 22.2. The number of nitrogens with zero attached hydrogens (tertiary/aromatic N) is 3. The number of anilines is 1. The number of fused-ring (bicyclic) bond motifs is 1. The number of hydrogen-bond acceptors (Lipinski definition) is 4. The molecule has 3 aromatic rings. The minimum absolute atomic E-state index is 0.530. The first-order chi connectivity index (χ1) is 15.6. The van der Waals surface area contributed by atoms with Crippen LogP contribution in [0.5, 0.6) is 5.75 Å². The summed E-state index contributed by atoms with van der Waals surface area (Å²) in [5, 5.41) is 5.18. The van der Waals surface area contributed by atoms with E-state index < -0.39 is 0 Å². The molecule has 1 aliphatic carbocycles. The average Bonchev–Trinajstić information content (AvgIpc) is 3.55. The zero-order valence-corrected chi connectivity index (χ0v) is 19.9. The van der Waals surface area contributed by atoms with Crippen molar-refractivity contribution in [3.63, 3.8) is 0 Å². The Kier molecular flexibility index (Phi) is 5.85. The van der Waals surface area contributed by atoms with E-state index in [-0.39, 0.29) is 0 Å². The van der Waals surface area contributed by atoms with Crippen LogP contribution in [0, 0.1) is 19.8 Å². The van der Waals surface area contributed by atoms with E-state index in [1.165, 1.54) is 40.9 Å². The molecule has 0 atom stereocenters. The second kappa shape index (κ2) is 8.78. The summed E-state index contributed by atoms with van der Waals surface area (Å²) in [6.07, 6.45) is 5.82. The fraction of sp³-hybridized carbons (Fsp3) is 0.519. The number of rotatable bonds is 7. The fourth-order valence-electron chi connectivity index (χ4n) is 5.26. The predicted octanol–water partition coefficient (Wildman–Crippen LogP) is 5.58. The molecule has 170 valence electrons. The molecule has 5 rings (SSSR count). The van der Waals surface area contributed by atoms with Gasteiger partial charge in [-0.05, 0) is 81.2 Å². The minimum atomic E-state index is 0.530. The number of aromatic nitrogens is 2. The van der Waals surface area contributed by atoms with Crippen molar-refractivity contribution < 1.29 is 9.47 Å². The van der Waals surface area contributed by atoms with Crippen molar-refractivity contribution in [3.05, 3.63) is 47.2 Å². The Hall–Kier alpha value is -2.53. The Morgan fingerprint density at radius 3 is 2.59 bits per heavy atom. The first-order valence-electron chi connectivity index (χ1n) is 12.1. The second-order valence-electron chi connectivity index (χ2n) is 9.46. The van der Waals surface area contributed by atoms with Crippen LogP contribution in [0.2, 0.25) is 0 Å². The third-order valence-electron chi connectivity index (χ3n) is 7.03. The molecule has 5 heteroatoms. The number of hydrogen-bond donors (Lipinski definition) is 0. The summed E-state index contributed by atoms with van der Waals surface area (Å²) in [6, 6.07) is 11.5. The Morgan fingerprint density at radius 1 is 1.12 bits per heavy atom. The molecular weight excluding hydrogens is 398 g/mol. The lowest BCUT2D eigenvalue weighted by Crippen LogP contribution is -2.41. The van der Waals surface area contributed by atoms with Gasteiger partial charge in [0.2, 0.25) is 0 Å². The Balaban J connectivity index is 1.69. The number of benzene rings is 1. The molecule has 2 aliphatic rings. The van der Waals surface area contributed by atoms with Crippen molar-refractivity contribution >= 4 is 11.2 Å². The molecule has 0 spiro atoms. The van der Waals surface area contributed by atoms with Crippen LogP contribution in [0.3, 0.4) is 0 Å². The van der Waals surface area contributed by atoms with Gasteiger partial charge in [-0.1, -0.05) is 19.1 Å². The number of pyridine rings is 1. The second-order valence-corrected chi connectivity index (χ2v) is 9.46. The van der Waals surface area contributed by atoms with Gasteiger partial charge in [-0.3, -0.25) is 0 Å². The van der Waals surface area contributed by atoms with Gasteiger partial charge < -0.3 is 14.4 Å². The Morgan fingerprint density at radius 2 is 1.91 bits per heavy atom. The van der Waals surface area contributed by atoms with Crippen molar-refractivity contribution in [2.45, 2.75) is 58.9 Å². The molecule has 2 fully saturated rings. The number of methoxy groups -OCH3 is 1. The molecule has 1 aliphatic heterocycles. The van der Waals surface area contributed by atoms with Gasteiger partial charge in [0.1, 0.15) is 5.75 Å². The highest BCUT2D eigenvalue weighted by Gasteiger charge is 2.32. The smallest absolute Gasteiger partial charge is 0.128 e. The molecule has 2 aromatic heterocycles. The van der Waals surface area contributed by atoms with Crippen molar-refractivity contribution in [2.75, 3.05) is 31.8 Å². The van der Waals surface area contributed by atoms with Crippen molar-refractivity contribution in [1.29, 1.82) is 0 Å². The van der Waals surface area contributed by atoms with Crippen LogP contribution < -0.4 is 9.64 Å². The lowest BCUT2D eigenvalue weighted by atomic mass is 10.0.